The molecule has 23 heavy (non-hydrogen) atoms. The molecule has 1 aromatic heterocycles. The summed E-state index contributed by atoms with van der Waals surface area (Å²) in [5.74, 6) is 0.382. The summed E-state index contributed by atoms with van der Waals surface area (Å²) in [7, 11) is 3.94. The Bertz CT molecular complexity index is 658. The number of benzene rings is 1. The summed E-state index contributed by atoms with van der Waals surface area (Å²) in [6.07, 6.45) is -4.46. The molecule has 0 bridgehead atoms. The number of para-hydroxylation sites is 1. The second kappa shape index (κ2) is 6.74. The van der Waals surface area contributed by atoms with Crippen molar-refractivity contribution < 1.29 is 13.2 Å². The van der Waals surface area contributed by atoms with Gasteiger partial charge in [0.15, 0.2) is 0 Å². The van der Waals surface area contributed by atoms with E-state index in [4.69, 9.17) is 0 Å². The van der Waals surface area contributed by atoms with Gasteiger partial charge in [-0.3, -0.25) is 0 Å². The van der Waals surface area contributed by atoms with Crippen molar-refractivity contribution in [2.45, 2.75) is 26.1 Å². The van der Waals surface area contributed by atoms with Crippen LogP contribution in [0.15, 0.2) is 30.3 Å². The highest BCUT2D eigenvalue weighted by atomic mass is 19.4. The molecule has 0 aliphatic carbocycles. The van der Waals surface area contributed by atoms with Crippen LogP contribution in [0, 0.1) is 5.92 Å². The van der Waals surface area contributed by atoms with Gasteiger partial charge in [0.25, 0.3) is 0 Å². The summed E-state index contributed by atoms with van der Waals surface area (Å²) in [4.78, 5) is 5.80. The van der Waals surface area contributed by atoms with E-state index >= 15 is 0 Å². The van der Waals surface area contributed by atoms with Gasteiger partial charge in [-0.15, -0.1) is 0 Å². The predicted octanol–water partition coefficient (Wildman–Crippen LogP) is 4.25. The number of rotatable bonds is 5. The van der Waals surface area contributed by atoms with E-state index in [-0.39, 0.29) is 6.04 Å². The minimum absolute atomic E-state index is 0.219. The molecule has 2 rings (SSSR count). The van der Waals surface area contributed by atoms with E-state index in [1.165, 1.54) is 0 Å². The zero-order valence-corrected chi connectivity index (χ0v) is 13.8. The summed E-state index contributed by atoms with van der Waals surface area (Å²) in [6.45, 7) is 4.76. The Morgan fingerprint density at radius 2 is 1.83 bits per heavy atom. The van der Waals surface area contributed by atoms with E-state index in [0.29, 0.717) is 29.1 Å². The van der Waals surface area contributed by atoms with E-state index in [2.05, 4.69) is 29.0 Å². The van der Waals surface area contributed by atoms with Gasteiger partial charge in [-0.25, -0.2) is 4.98 Å². The Kier molecular flexibility index (Phi) is 5.14. The molecular formula is C17H22F3N3. The number of nitrogens with one attached hydrogen (secondary N) is 1. The summed E-state index contributed by atoms with van der Waals surface area (Å²) in [6, 6.07) is 8.18. The van der Waals surface area contributed by atoms with Gasteiger partial charge in [-0.1, -0.05) is 32.0 Å². The molecule has 0 saturated heterocycles. The lowest BCUT2D eigenvalue weighted by Gasteiger charge is -2.28. The Morgan fingerprint density at radius 3 is 2.39 bits per heavy atom. The van der Waals surface area contributed by atoms with Crippen LogP contribution in [0.3, 0.4) is 0 Å². The first kappa shape index (κ1) is 17.5. The third-order valence-electron chi connectivity index (χ3n) is 3.94. The third kappa shape index (κ3) is 4.13. The Hall–Kier alpha value is -1.82. The Morgan fingerprint density at radius 1 is 1.17 bits per heavy atom. The predicted molar refractivity (Wildman–Crippen MR) is 87.5 cm³/mol. The van der Waals surface area contributed by atoms with Crippen LogP contribution in [-0.2, 0) is 6.18 Å². The fraction of sp³-hybridized carbons (Fsp3) is 0.471. The van der Waals surface area contributed by atoms with Crippen LogP contribution in [0.5, 0.6) is 0 Å². The highest BCUT2D eigenvalue weighted by Crippen LogP contribution is 2.33. The Labute approximate surface area is 134 Å². The molecule has 126 valence electrons. The van der Waals surface area contributed by atoms with Gasteiger partial charge in [0.1, 0.15) is 5.69 Å². The molecule has 0 aliphatic rings. The number of hydrogen-bond donors (Lipinski definition) is 1. The first-order chi connectivity index (χ1) is 10.7. The van der Waals surface area contributed by atoms with Crippen molar-refractivity contribution in [2.24, 2.45) is 5.92 Å². The van der Waals surface area contributed by atoms with Crippen molar-refractivity contribution in [3.8, 4) is 0 Å². The lowest BCUT2D eigenvalue weighted by molar-refractivity contribution is -0.140. The molecule has 0 radical (unpaired) electrons. The number of pyridine rings is 1. The van der Waals surface area contributed by atoms with Crippen molar-refractivity contribution in [2.75, 3.05) is 26.0 Å². The highest BCUT2D eigenvalue weighted by Gasteiger charge is 2.33. The number of aromatic nitrogens is 1. The standard InChI is InChI=1S/C17H22F3N3/c1-11(2)15(23(3)4)10-21-14-9-16(17(18,19)20)22-13-8-6-5-7-12(13)14/h5-9,11,15H,10H2,1-4H3,(H,21,22)/t15-/m0/s1. The van der Waals surface area contributed by atoms with Gasteiger partial charge < -0.3 is 10.2 Å². The molecule has 0 spiro atoms. The number of likely N-dealkylation sites (N-methyl/N-ethyl adjacent to an activating group) is 1. The molecule has 1 atom stereocenters. The minimum Gasteiger partial charge on any atom is -0.383 e. The zero-order valence-electron chi connectivity index (χ0n) is 13.8. The minimum atomic E-state index is -4.46. The van der Waals surface area contributed by atoms with Gasteiger partial charge in [0.2, 0.25) is 0 Å². The van der Waals surface area contributed by atoms with Crippen molar-refractivity contribution in [3.63, 3.8) is 0 Å². The molecule has 0 saturated carbocycles. The van der Waals surface area contributed by atoms with Gasteiger partial charge in [0, 0.05) is 23.7 Å². The molecular weight excluding hydrogens is 303 g/mol. The maximum Gasteiger partial charge on any atom is 0.433 e. The van der Waals surface area contributed by atoms with Crippen LogP contribution in [0.1, 0.15) is 19.5 Å². The van der Waals surface area contributed by atoms with Crippen molar-refractivity contribution in [3.05, 3.63) is 36.0 Å². The van der Waals surface area contributed by atoms with Crippen molar-refractivity contribution in [1.82, 2.24) is 9.88 Å². The second-order valence-electron chi connectivity index (χ2n) is 6.23. The summed E-state index contributed by atoms with van der Waals surface area (Å²) >= 11 is 0. The average Bonchev–Trinajstić information content (AvgIpc) is 2.45. The zero-order chi connectivity index (χ0) is 17.2. The smallest absolute Gasteiger partial charge is 0.383 e. The molecule has 2 aromatic rings. The number of fused-ring (bicyclic) bond motifs is 1. The van der Waals surface area contributed by atoms with E-state index < -0.39 is 11.9 Å². The first-order valence-electron chi connectivity index (χ1n) is 7.57. The van der Waals surface area contributed by atoms with Gasteiger partial charge in [-0.2, -0.15) is 13.2 Å². The summed E-state index contributed by atoms with van der Waals surface area (Å²) < 4.78 is 39.2. The quantitative estimate of drug-likeness (QED) is 0.891. The number of hydrogen-bond acceptors (Lipinski definition) is 3. The number of anilines is 1. The fourth-order valence-corrected chi connectivity index (χ4v) is 2.70. The second-order valence-corrected chi connectivity index (χ2v) is 6.23. The van der Waals surface area contributed by atoms with E-state index in [1.807, 2.05) is 14.1 Å². The average molecular weight is 325 g/mol. The molecule has 6 heteroatoms. The van der Waals surface area contributed by atoms with Crippen LogP contribution in [0.25, 0.3) is 10.9 Å². The topological polar surface area (TPSA) is 28.2 Å². The normalized spacial score (nSPS) is 13.8. The molecule has 0 fully saturated rings. The largest absolute Gasteiger partial charge is 0.433 e. The molecule has 0 unspecified atom stereocenters. The van der Waals surface area contributed by atoms with Crippen LogP contribution >= 0.6 is 0 Å². The SMILES string of the molecule is CC(C)[C@H](CNc1cc(C(F)(F)F)nc2ccccc12)N(C)C. The third-order valence-corrected chi connectivity index (χ3v) is 3.94. The van der Waals surface area contributed by atoms with Crippen LogP contribution in [0.4, 0.5) is 18.9 Å². The molecule has 1 aromatic carbocycles. The maximum absolute atomic E-state index is 13.1. The highest BCUT2D eigenvalue weighted by molar-refractivity contribution is 5.91. The number of halogens is 3. The van der Waals surface area contributed by atoms with Gasteiger partial charge >= 0.3 is 6.18 Å². The van der Waals surface area contributed by atoms with E-state index in [9.17, 15) is 13.2 Å². The van der Waals surface area contributed by atoms with Gasteiger partial charge in [-0.05, 0) is 32.1 Å². The summed E-state index contributed by atoms with van der Waals surface area (Å²) in [5.41, 5.74) is -0.0594. The number of nitrogens with zero attached hydrogens (tertiary/aromatic N) is 2. The van der Waals surface area contributed by atoms with Crippen LogP contribution < -0.4 is 5.32 Å². The monoisotopic (exact) mass is 325 g/mol. The lowest BCUT2D eigenvalue weighted by Crippen LogP contribution is -2.38. The van der Waals surface area contributed by atoms with Crippen LogP contribution in [-0.4, -0.2) is 36.6 Å². The van der Waals surface area contributed by atoms with Gasteiger partial charge in [0.05, 0.1) is 5.52 Å². The van der Waals surface area contributed by atoms with Crippen molar-refractivity contribution in [1.29, 1.82) is 0 Å². The summed E-state index contributed by atoms with van der Waals surface area (Å²) in [5, 5.41) is 3.88. The van der Waals surface area contributed by atoms with E-state index in [0.717, 1.165) is 6.07 Å². The molecule has 3 nitrogen and oxygen atoms in total. The molecule has 0 amide bonds. The lowest BCUT2D eigenvalue weighted by atomic mass is 10.0. The van der Waals surface area contributed by atoms with E-state index in [1.54, 1.807) is 24.3 Å². The van der Waals surface area contributed by atoms with Crippen LogP contribution in [0.2, 0.25) is 0 Å². The molecule has 1 N–H and O–H groups in total. The molecule has 0 aliphatic heterocycles. The maximum atomic E-state index is 13.1. The fourth-order valence-electron chi connectivity index (χ4n) is 2.70. The number of alkyl halides is 3. The molecule has 1 heterocycles. The first-order valence-corrected chi connectivity index (χ1v) is 7.57. The van der Waals surface area contributed by atoms with Crippen molar-refractivity contribution >= 4 is 16.6 Å². The Balaban J connectivity index is 2.38.